The van der Waals surface area contributed by atoms with Crippen LogP contribution in [0.5, 0.6) is 0 Å². The van der Waals surface area contributed by atoms with Crippen molar-refractivity contribution in [3.05, 3.63) is 18.2 Å². The molecule has 0 unspecified atom stereocenters. The van der Waals surface area contributed by atoms with Gasteiger partial charge in [-0.1, -0.05) is 0 Å². The van der Waals surface area contributed by atoms with E-state index < -0.39 is 0 Å². The second-order valence-electron chi connectivity index (χ2n) is 2.69. The van der Waals surface area contributed by atoms with E-state index in [2.05, 4.69) is 15.3 Å². The summed E-state index contributed by atoms with van der Waals surface area (Å²) < 4.78 is 0. The smallest absolute Gasteiger partial charge is 0.120 e. The molecule has 10 heavy (non-hydrogen) atoms. The van der Waals surface area contributed by atoms with Crippen LogP contribution in [0.4, 0.5) is 0 Å². The van der Waals surface area contributed by atoms with Gasteiger partial charge in [0.2, 0.25) is 0 Å². The molecule has 0 saturated heterocycles. The van der Waals surface area contributed by atoms with Crippen LogP contribution in [0, 0.1) is 0 Å². The number of nitrogens with zero attached hydrogens (tertiary/aromatic N) is 1. The molecule has 0 aromatic carbocycles. The molecular formula is C7H11N3. The van der Waals surface area contributed by atoms with Gasteiger partial charge in [0.05, 0.1) is 6.54 Å². The van der Waals surface area contributed by atoms with E-state index in [0.717, 1.165) is 18.4 Å². The number of imidazole rings is 1. The lowest BCUT2D eigenvalue weighted by Crippen LogP contribution is -2.16. The number of rotatable bonds is 3. The summed E-state index contributed by atoms with van der Waals surface area (Å²) in [6.45, 7) is 0.887. The first kappa shape index (κ1) is 5.92. The van der Waals surface area contributed by atoms with Crippen LogP contribution in [0.25, 0.3) is 0 Å². The molecule has 1 fully saturated rings. The average Bonchev–Trinajstić information content (AvgIpc) is 2.63. The highest BCUT2D eigenvalue weighted by molar-refractivity contribution is 4.89. The third-order valence-electron chi connectivity index (χ3n) is 1.69. The van der Waals surface area contributed by atoms with Crippen molar-refractivity contribution in [1.82, 2.24) is 15.3 Å². The Bertz CT molecular complexity index is 189. The molecule has 1 aromatic heterocycles. The Morgan fingerprint density at radius 1 is 1.70 bits per heavy atom. The third kappa shape index (κ3) is 1.36. The van der Waals surface area contributed by atoms with Crippen LogP contribution in [-0.4, -0.2) is 16.0 Å². The average molecular weight is 137 g/mol. The summed E-state index contributed by atoms with van der Waals surface area (Å²) >= 11 is 0. The highest BCUT2D eigenvalue weighted by Gasteiger charge is 2.19. The number of hydrogen-bond donors (Lipinski definition) is 2. The van der Waals surface area contributed by atoms with Crippen molar-refractivity contribution in [1.29, 1.82) is 0 Å². The first-order valence-corrected chi connectivity index (χ1v) is 3.67. The topological polar surface area (TPSA) is 40.7 Å². The molecule has 0 bridgehead atoms. The molecule has 3 heteroatoms. The lowest BCUT2D eigenvalue weighted by atomic mass is 10.5. The molecule has 0 aliphatic heterocycles. The quantitative estimate of drug-likeness (QED) is 0.642. The third-order valence-corrected chi connectivity index (χ3v) is 1.69. The molecule has 1 aliphatic carbocycles. The molecule has 2 rings (SSSR count). The van der Waals surface area contributed by atoms with Gasteiger partial charge in [-0.15, -0.1) is 0 Å². The van der Waals surface area contributed by atoms with E-state index in [1.54, 1.807) is 6.20 Å². The molecule has 3 nitrogen and oxygen atoms in total. The summed E-state index contributed by atoms with van der Waals surface area (Å²) in [5.74, 6) is 1.03. The fourth-order valence-electron chi connectivity index (χ4n) is 0.923. The van der Waals surface area contributed by atoms with Crippen molar-refractivity contribution in [2.75, 3.05) is 0 Å². The molecule has 0 spiro atoms. The highest BCUT2D eigenvalue weighted by atomic mass is 15.0. The Labute approximate surface area is 59.9 Å². The van der Waals surface area contributed by atoms with Crippen molar-refractivity contribution in [2.45, 2.75) is 25.4 Å². The van der Waals surface area contributed by atoms with E-state index >= 15 is 0 Å². The second-order valence-corrected chi connectivity index (χ2v) is 2.69. The minimum Gasteiger partial charge on any atom is -0.348 e. The van der Waals surface area contributed by atoms with Gasteiger partial charge in [0.25, 0.3) is 0 Å². The second kappa shape index (κ2) is 2.42. The Morgan fingerprint density at radius 3 is 3.20 bits per heavy atom. The zero-order chi connectivity index (χ0) is 6.81. The maximum absolute atomic E-state index is 4.10. The van der Waals surface area contributed by atoms with Crippen molar-refractivity contribution >= 4 is 0 Å². The summed E-state index contributed by atoms with van der Waals surface area (Å²) in [5, 5.41) is 3.37. The van der Waals surface area contributed by atoms with Gasteiger partial charge in [-0.2, -0.15) is 0 Å². The van der Waals surface area contributed by atoms with E-state index in [1.807, 2.05) is 6.20 Å². The number of aromatic amines is 1. The fraction of sp³-hybridized carbons (Fsp3) is 0.571. The number of H-pyrrole nitrogens is 1. The van der Waals surface area contributed by atoms with Crippen molar-refractivity contribution in [2.24, 2.45) is 0 Å². The predicted molar refractivity (Wildman–Crippen MR) is 38.4 cm³/mol. The van der Waals surface area contributed by atoms with Gasteiger partial charge in [-0.05, 0) is 12.8 Å². The summed E-state index contributed by atoms with van der Waals surface area (Å²) in [7, 11) is 0. The Kier molecular flexibility index (Phi) is 1.43. The lowest BCUT2D eigenvalue weighted by Gasteiger charge is -1.96. The molecule has 0 atom stereocenters. The standard InChI is InChI=1S/C7H11N3/c1-2-6(1)10-5-7-8-3-4-9-7/h3-4,6,10H,1-2,5H2,(H,8,9). The maximum Gasteiger partial charge on any atom is 0.120 e. The number of hydrogen-bond acceptors (Lipinski definition) is 2. The Hall–Kier alpha value is -0.830. The van der Waals surface area contributed by atoms with Crippen LogP contribution in [0.1, 0.15) is 18.7 Å². The van der Waals surface area contributed by atoms with E-state index in [9.17, 15) is 0 Å². The van der Waals surface area contributed by atoms with Crippen LogP contribution >= 0.6 is 0 Å². The molecular weight excluding hydrogens is 126 g/mol. The molecule has 54 valence electrons. The molecule has 1 aliphatic rings. The van der Waals surface area contributed by atoms with Crippen LogP contribution in [0.15, 0.2) is 12.4 Å². The molecule has 1 aromatic rings. The maximum atomic E-state index is 4.10. The van der Waals surface area contributed by atoms with Gasteiger partial charge in [0.1, 0.15) is 5.82 Å². The van der Waals surface area contributed by atoms with Crippen LogP contribution < -0.4 is 5.32 Å². The largest absolute Gasteiger partial charge is 0.348 e. The predicted octanol–water partition coefficient (Wildman–Crippen LogP) is 0.662. The lowest BCUT2D eigenvalue weighted by molar-refractivity contribution is 0.664. The fourth-order valence-corrected chi connectivity index (χ4v) is 0.923. The summed E-state index contributed by atoms with van der Waals surface area (Å²) in [6.07, 6.45) is 6.30. The van der Waals surface area contributed by atoms with Crippen LogP contribution in [-0.2, 0) is 6.54 Å². The van der Waals surface area contributed by atoms with E-state index in [4.69, 9.17) is 0 Å². The summed E-state index contributed by atoms with van der Waals surface area (Å²) in [6, 6.07) is 0.769. The minimum atomic E-state index is 0.769. The molecule has 2 N–H and O–H groups in total. The SMILES string of the molecule is c1c[nH]c(CNC2CC2)n1. The van der Waals surface area contributed by atoms with Crippen LogP contribution in [0.3, 0.4) is 0 Å². The Balaban J connectivity index is 1.79. The van der Waals surface area contributed by atoms with E-state index in [1.165, 1.54) is 12.8 Å². The minimum absolute atomic E-state index is 0.769. The van der Waals surface area contributed by atoms with Gasteiger partial charge < -0.3 is 10.3 Å². The normalized spacial score (nSPS) is 17.6. The van der Waals surface area contributed by atoms with Gasteiger partial charge in [0, 0.05) is 18.4 Å². The monoisotopic (exact) mass is 137 g/mol. The highest BCUT2D eigenvalue weighted by Crippen LogP contribution is 2.18. The van der Waals surface area contributed by atoms with E-state index in [0.29, 0.717) is 0 Å². The summed E-state index contributed by atoms with van der Waals surface area (Å²) in [5.41, 5.74) is 0. The summed E-state index contributed by atoms with van der Waals surface area (Å²) in [4.78, 5) is 7.14. The van der Waals surface area contributed by atoms with Crippen molar-refractivity contribution in [3.8, 4) is 0 Å². The van der Waals surface area contributed by atoms with Crippen molar-refractivity contribution < 1.29 is 0 Å². The van der Waals surface area contributed by atoms with Gasteiger partial charge in [-0.3, -0.25) is 0 Å². The number of nitrogens with one attached hydrogen (secondary N) is 2. The molecule has 1 heterocycles. The molecule has 0 radical (unpaired) electrons. The van der Waals surface area contributed by atoms with E-state index in [-0.39, 0.29) is 0 Å². The zero-order valence-corrected chi connectivity index (χ0v) is 5.80. The van der Waals surface area contributed by atoms with Gasteiger partial charge in [0.15, 0.2) is 0 Å². The zero-order valence-electron chi connectivity index (χ0n) is 5.80. The molecule has 1 saturated carbocycles. The van der Waals surface area contributed by atoms with Crippen LogP contribution in [0.2, 0.25) is 0 Å². The van der Waals surface area contributed by atoms with Crippen molar-refractivity contribution in [3.63, 3.8) is 0 Å². The van der Waals surface area contributed by atoms with Gasteiger partial charge in [-0.25, -0.2) is 4.98 Å². The first-order valence-electron chi connectivity index (χ1n) is 3.67. The molecule has 0 amide bonds. The Morgan fingerprint density at radius 2 is 2.60 bits per heavy atom. The first-order chi connectivity index (χ1) is 4.95. The van der Waals surface area contributed by atoms with Gasteiger partial charge >= 0.3 is 0 Å². The number of aromatic nitrogens is 2.